The van der Waals surface area contributed by atoms with E-state index >= 15 is 0 Å². The van der Waals surface area contributed by atoms with E-state index in [0.717, 1.165) is 24.2 Å². The molecule has 136 valence electrons. The molecule has 25 heavy (non-hydrogen) atoms. The van der Waals surface area contributed by atoms with Crippen LogP contribution in [0.25, 0.3) is 0 Å². The molecule has 0 aromatic heterocycles. The Hall–Kier alpha value is -1.83. The summed E-state index contributed by atoms with van der Waals surface area (Å²) in [5, 5.41) is 0. The minimum absolute atomic E-state index is 0.274. The fourth-order valence-electron chi connectivity index (χ4n) is 3.31. The molecular formula is C23H31FO. The maximum absolute atomic E-state index is 13.7. The van der Waals surface area contributed by atoms with Gasteiger partial charge in [-0.3, -0.25) is 0 Å². The van der Waals surface area contributed by atoms with Gasteiger partial charge in [0.15, 0.2) is 11.6 Å². The molecule has 0 aliphatic heterocycles. The molecule has 2 aromatic rings. The van der Waals surface area contributed by atoms with E-state index in [4.69, 9.17) is 4.74 Å². The Morgan fingerprint density at radius 2 is 1.68 bits per heavy atom. The highest BCUT2D eigenvalue weighted by Crippen LogP contribution is 2.27. The Morgan fingerprint density at radius 1 is 0.920 bits per heavy atom. The van der Waals surface area contributed by atoms with Crippen LogP contribution in [0.5, 0.6) is 11.5 Å². The highest BCUT2D eigenvalue weighted by molar-refractivity contribution is 5.34. The van der Waals surface area contributed by atoms with Crippen LogP contribution in [0.2, 0.25) is 0 Å². The summed E-state index contributed by atoms with van der Waals surface area (Å²) in [6.45, 7) is 9.33. The van der Waals surface area contributed by atoms with Crippen molar-refractivity contribution in [1.82, 2.24) is 0 Å². The van der Waals surface area contributed by atoms with Gasteiger partial charge in [-0.15, -0.1) is 0 Å². The van der Waals surface area contributed by atoms with Crippen LogP contribution in [0.4, 0.5) is 4.39 Å². The van der Waals surface area contributed by atoms with Gasteiger partial charge in [-0.1, -0.05) is 58.4 Å². The second-order valence-electron chi connectivity index (χ2n) is 7.66. The van der Waals surface area contributed by atoms with Gasteiger partial charge in [-0.25, -0.2) is 4.39 Å². The van der Waals surface area contributed by atoms with E-state index in [1.54, 1.807) is 18.2 Å². The van der Waals surface area contributed by atoms with Gasteiger partial charge in [-0.05, 0) is 66.8 Å². The first-order valence-corrected chi connectivity index (χ1v) is 9.47. The molecule has 0 spiro atoms. The van der Waals surface area contributed by atoms with Crippen LogP contribution in [0, 0.1) is 23.6 Å². The van der Waals surface area contributed by atoms with Crippen molar-refractivity contribution < 1.29 is 9.13 Å². The van der Waals surface area contributed by atoms with Crippen LogP contribution in [-0.4, -0.2) is 0 Å². The third-order valence-electron chi connectivity index (χ3n) is 4.90. The van der Waals surface area contributed by atoms with Crippen LogP contribution >= 0.6 is 0 Å². The fraction of sp³-hybridized carbons (Fsp3) is 0.478. The molecule has 0 aliphatic carbocycles. The Labute approximate surface area is 152 Å². The Bertz CT molecular complexity index is 650. The first-order valence-electron chi connectivity index (χ1n) is 9.47. The minimum Gasteiger partial charge on any atom is -0.454 e. The second-order valence-corrected chi connectivity index (χ2v) is 7.66. The molecule has 2 atom stereocenters. The normalized spacial score (nSPS) is 13.7. The highest BCUT2D eigenvalue weighted by Gasteiger charge is 2.13. The standard InChI is InChI=1S/C23H31FO/c1-17(2)15-19(4)18(3)9-7-10-20-11-8-12-21(16-20)25-23-14-6-5-13-22(23)24/h5-6,8,11-14,16-19H,7,9-10,15H2,1-4H3. The highest BCUT2D eigenvalue weighted by atomic mass is 19.1. The lowest BCUT2D eigenvalue weighted by molar-refractivity contribution is 0.303. The average molecular weight is 342 g/mol. The lowest BCUT2D eigenvalue weighted by Crippen LogP contribution is -2.11. The fourth-order valence-corrected chi connectivity index (χ4v) is 3.31. The average Bonchev–Trinajstić information content (AvgIpc) is 2.56. The van der Waals surface area contributed by atoms with Gasteiger partial charge in [0, 0.05) is 0 Å². The van der Waals surface area contributed by atoms with Gasteiger partial charge in [-0.2, -0.15) is 0 Å². The Morgan fingerprint density at radius 3 is 2.40 bits per heavy atom. The van der Waals surface area contributed by atoms with E-state index in [9.17, 15) is 4.39 Å². The molecule has 2 rings (SSSR count). The molecule has 2 unspecified atom stereocenters. The van der Waals surface area contributed by atoms with Crippen molar-refractivity contribution in [2.45, 2.75) is 53.4 Å². The molecule has 0 aliphatic rings. The number of halogens is 1. The van der Waals surface area contributed by atoms with Gasteiger partial charge in [0.1, 0.15) is 5.75 Å². The smallest absolute Gasteiger partial charge is 0.165 e. The lowest BCUT2D eigenvalue weighted by Gasteiger charge is -2.21. The van der Waals surface area contributed by atoms with Crippen LogP contribution in [0.3, 0.4) is 0 Å². The summed E-state index contributed by atoms with van der Waals surface area (Å²) in [7, 11) is 0. The SMILES string of the molecule is CC(C)CC(C)C(C)CCCc1cccc(Oc2ccccc2F)c1. The van der Waals surface area contributed by atoms with Crippen LogP contribution < -0.4 is 4.74 Å². The predicted molar refractivity (Wildman–Crippen MR) is 104 cm³/mol. The van der Waals surface area contributed by atoms with Crippen molar-refractivity contribution in [2.24, 2.45) is 17.8 Å². The maximum atomic E-state index is 13.7. The first-order chi connectivity index (χ1) is 12.0. The van der Waals surface area contributed by atoms with Gasteiger partial charge in [0.2, 0.25) is 0 Å². The van der Waals surface area contributed by atoms with Crippen LogP contribution in [-0.2, 0) is 6.42 Å². The van der Waals surface area contributed by atoms with Crippen molar-refractivity contribution in [1.29, 1.82) is 0 Å². The molecule has 0 amide bonds. The Kier molecular flexibility index (Phi) is 7.49. The molecule has 0 saturated carbocycles. The van der Waals surface area contributed by atoms with Crippen molar-refractivity contribution in [3.05, 3.63) is 59.9 Å². The van der Waals surface area contributed by atoms with Crippen molar-refractivity contribution in [2.75, 3.05) is 0 Å². The van der Waals surface area contributed by atoms with Crippen LogP contribution in [0.15, 0.2) is 48.5 Å². The summed E-state index contributed by atoms with van der Waals surface area (Å²) in [4.78, 5) is 0. The van der Waals surface area contributed by atoms with Gasteiger partial charge < -0.3 is 4.74 Å². The van der Waals surface area contributed by atoms with Gasteiger partial charge >= 0.3 is 0 Å². The zero-order chi connectivity index (χ0) is 18.2. The van der Waals surface area contributed by atoms with Crippen molar-refractivity contribution in [3.8, 4) is 11.5 Å². The molecule has 0 radical (unpaired) electrons. The molecule has 2 aromatic carbocycles. The number of rotatable bonds is 9. The van der Waals surface area contributed by atoms with Crippen molar-refractivity contribution >= 4 is 0 Å². The second kappa shape index (κ2) is 9.60. The number of benzene rings is 2. The maximum Gasteiger partial charge on any atom is 0.165 e. The molecule has 0 saturated heterocycles. The zero-order valence-electron chi connectivity index (χ0n) is 16.0. The van der Waals surface area contributed by atoms with Gasteiger partial charge in [0.25, 0.3) is 0 Å². The number of hydrogen-bond donors (Lipinski definition) is 0. The topological polar surface area (TPSA) is 9.23 Å². The quantitative estimate of drug-likeness (QED) is 0.466. The number of aryl methyl sites for hydroxylation is 1. The molecule has 0 N–H and O–H groups in total. The largest absolute Gasteiger partial charge is 0.454 e. The van der Waals surface area contributed by atoms with E-state index in [2.05, 4.69) is 33.8 Å². The molecule has 2 heteroatoms. The molecule has 0 bridgehead atoms. The summed E-state index contributed by atoms with van der Waals surface area (Å²) >= 11 is 0. The van der Waals surface area contributed by atoms with E-state index in [1.165, 1.54) is 30.9 Å². The van der Waals surface area contributed by atoms with Gasteiger partial charge in [0.05, 0.1) is 0 Å². The Balaban J connectivity index is 1.86. The molecule has 0 fully saturated rings. The number of hydrogen-bond acceptors (Lipinski definition) is 1. The third-order valence-corrected chi connectivity index (χ3v) is 4.90. The van der Waals surface area contributed by atoms with E-state index < -0.39 is 0 Å². The predicted octanol–water partition coefficient (Wildman–Crippen LogP) is 7.26. The lowest BCUT2D eigenvalue weighted by atomic mass is 9.85. The minimum atomic E-state index is -0.333. The van der Waals surface area contributed by atoms with Crippen LogP contribution in [0.1, 0.15) is 52.5 Å². The molecule has 0 heterocycles. The van der Waals surface area contributed by atoms with E-state index in [-0.39, 0.29) is 11.6 Å². The van der Waals surface area contributed by atoms with E-state index in [1.807, 2.05) is 18.2 Å². The first kappa shape index (κ1) is 19.5. The summed E-state index contributed by atoms with van der Waals surface area (Å²) in [6.07, 6.45) is 4.75. The monoisotopic (exact) mass is 342 g/mol. The summed E-state index contributed by atoms with van der Waals surface area (Å²) < 4.78 is 19.4. The molecular weight excluding hydrogens is 311 g/mol. The number of para-hydroxylation sites is 1. The summed E-state index contributed by atoms with van der Waals surface area (Å²) in [5.41, 5.74) is 1.25. The summed E-state index contributed by atoms with van der Waals surface area (Å²) in [6, 6.07) is 14.5. The summed E-state index contributed by atoms with van der Waals surface area (Å²) in [5.74, 6) is 2.93. The molecule has 1 nitrogen and oxygen atoms in total. The van der Waals surface area contributed by atoms with Crippen molar-refractivity contribution in [3.63, 3.8) is 0 Å². The van der Waals surface area contributed by atoms with E-state index in [0.29, 0.717) is 5.75 Å². The third kappa shape index (κ3) is 6.53. The number of ether oxygens (including phenoxy) is 1. The zero-order valence-corrected chi connectivity index (χ0v) is 16.0.